The van der Waals surface area contributed by atoms with Crippen LogP contribution in [-0.4, -0.2) is 39.9 Å². The van der Waals surface area contributed by atoms with Crippen LogP contribution in [0.25, 0.3) is 10.8 Å². The van der Waals surface area contributed by atoms with E-state index in [1.165, 1.54) is 16.3 Å². The van der Waals surface area contributed by atoms with Gasteiger partial charge >= 0.3 is 0 Å². The van der Waals surface area contributed by atoms with E-state index in [0.717, 1.165) is 24.4 Å². The number of rotatable bonds is 5. The zero-order valence-electron chi connectivity index (χ0n) is 19.1. The lowest BCUT2D eigenvalue weighted by Gasteiger charge is -2.48. The summed E-state index contributed by atoms with van der Waals surface area (Å²) in [6, 6.07) is 21.4. The summed E-state index contributed by atoms with van der Waals surface area (Å²) in [5.41, 5.74) is 3.39. The molecule has 3 aromatic rings. The Bertz CT molecular complexity index is 1150. The number of aromatic nitrogens is 1. The second-order valence-corrected chi connectivity index (χ2v) is 9.56. The molecule has 5 rings (SSSR count). The van der Waals surface area contributed by atoms with Gasteiger partial charge in [-0.2, -0.15) is 5.10 Å². The van der Waals surface area contributed by atoms with Gasteiger partial charge in [0.25, 0.3) is 0 Å². The summed E-state index contributed by atoms with van der Waals surface area (Å²) < 4.78 is 0. The van der Waals surface area contributed by atoms with E-state index in [0.29, 0.717) is 0 Å². The number of hydrazone groups is 1. The highest BCUT2D eigenvalue weighted by Crippen LogP contribution is 2.40. The smallest absolute Gasteiger partial charge is 0.111 e. The third-order valence-corrected chi connectivity index (χ3v) is 6.86. The SMILES string of the molecule is C=C(C1C=NN2C1NC(c1ccccn1)CC2(C)C)N(C)Cc1cccc2ccccc12. The second-order valence-electron chi connectivity index (χ2n) is 9.56. The molecule has 1 fully saturated rings. The minimum absolute atomic E-state index is 0.0632. The Morgan fingerprint density at radius 3 is 2.72 bits per heavy atom. The Labute approximate surface area is 190 Å². The summed E-state index contributed by atoms with van der Waals surface area (Å²) in [4.78, 5) is 6.88. The standard InChI is InChI=1S/C27H31N5/c1-19(31(4)18-21-12-9-11-20-10-5-6-13-22(20)21)23-17-29-32-26(23)30-25(16-27(32,2)3)24-14-7-8-15-28-24/h5-15,17,23,25-26,30H,1,16,18H2,2-4H3. The van der Waals surface area contributed by atoms with Crippen molar-refractivity contribution in [2.75, 3.05) is 7.05 Å². The first kappa shape index (κ1) is 20.7. The normalized spacial score (nSPS) is 23.8. The Morgan fingerprint density at radius 2 is 1.91 bits per heavy atom. The molecule has 3 unspecified atom stereocenters. The van der Waals surface area contributed by atoms with Crippen LogP contribution in [0.2, 0.25) is 0 Å². The average Bonchev–Trinajstić information content (AvgIpc) is 3.24. The summed E-state index contributed by atoms with van der Waals surface area (Å²) in [5.74, 6) is 0.0979. The lowest BCUT2D eigenvalue weighted by Crippen LogP contribution is -2.60. The van der Waals surface area contributed by atoms with Crippen LogP contribution in [0, 0.1) is 5.92 Å². The zero-order valence-corrected chi connectivity index (χ0v) is 19.1. The lowest BCUT2D eigenvalue weighted by atomic mass is 9.87. The van der Waals surface area contributed by atoms with Gasteiger partial charge in [0.15, 0.2) is 0 Å². The van der Waals surface area contributed by atoms with Crippen molar-refractivity contribution in [3.05, 3.63) is 90.4 Å². The third-order valence-electron chi connectivity index (χ3n) is 6.86. The molecule has 1 aromatic heterocycles. The highest BCUT2D eigenvalue weighted by Gasteiger charge is 2.47. The molecule has 2 aromatic carbocycles. The number of benzene rings is 2. The first-order valence-corrected chi connectivity index (χ1v) is 11.3. The van der Waals surface area contributed by atoms with Gasteiger partial charge in [-0.3, -0.25) is 15.3 Å². The van der Waals surface area contributed by atoms with Gasteiger partial charge in [-0.05, 0) is 48.7 Å². The van der Waals surface area contributed by atoms with Crippen LogP contribution in [0.3, 0.4) is 0 Å². The maximum absolute atomic E-state index is 4.82. The van der Waals surface area contributed by atoms with Gasteiger partial charge in [-0.25, -0.2) is 0 Å². The molecular formula is C27H31N5. The van der Waals surface area contributed by atoms with Gasteiger partial charge < -0.3 is 4.90 Å². The van der Waals surface area contributed by atoms with E-state index in [4.69, 9.17) is 5.10 Å². The van der Waals surface area contributed by atoms with Crippen molar-refractivity contribution >= 4 is 17.0 Å². The van der Waals surface area contributed by atoms with Crippen LogP contribution in [-0.2, 0) is 6.54 Å². The van der Waals surface area contributed by atoms with Gasteiger partial charge in [0.05, 0.1) is 23.2 Å². The number of nitrogens with one attached hydrogen (secondary N) is 1. The van der Waals surface area contributed by atoms with Crippen LogP contribution in [0.5, 0.6) is 0 Å². The van der Waals surface area contributed by atoms with E-state index in [1.807, 2.05) is 12.3 Å². The fourth-order valence-electron chi connectivity index (χ4n) is 5.10. The molecular weight excluding hydrogens is 394 g/mol. The van der Waals surface area contributed by atoms with E-state index >= 15 is 0 Å². The topological polar surface area (TPSA) is 43.8 Å². The van der Waals surface area contributed by atoms with Crippen LogP contribution >= 0.6 is 0 Å². The molecule has 2 aliphatic rings. The fraction of sp³-hybridized carbons (Fsp3) is 0.333. The number of hydrogen-bond acceptors (Lipinski definition) is 5. The summed E-state index contributed by atoms with van der Waals surface area (Å²) in [7, 11) is 2.13. The summed E-state index contributed by atoms with van der Waals surface area (Å²) in [6.45, 7) is 9.84. The van der Waals surface area contributed by atoms with Crippen LogP contribution < -0.4 is 5.32 Å². The minimum atomic E-state index is -0.0716. The fourth-order valence-corrected chi connectivity index (χ4v) is 5.10. The molecule has 0 saturated carbocycles. The van der Waals surface area contributed by atoms with Crippen LogP contribution in [0.4, 0.5) is 0 Å². The van der Waals surface area contributed by atoms with Crippen molar-refractivity contribution in [2.45, 2.75) is 44.6 Å². The molecule has 1 saturated heterocycles. The highest BCUT2D eigenvalue weighted by molar-refractivity contribution is 5.85. The molecule has 5 nitrogen and oxygen atoms in total. The molecule has 3 atom stereocenters. The molecule has 2 aliphatic heterocycles. The zero-order chi connectivity index (χ0) is 22.3. The molecule has 0 amide bonds. The Balaban J connectivity index is 1.37. The molecule has 0 spiro atoms. The Hall–Kier alpha value is -3.18. The predicted octanol–water partition coefficient (Wildman–Crippen LogP) is 4.94. The molecule has 32 heavy (non-hydrogen) atoms. The van der Waals surface area contributed by atoms with Gasteiger partial charge in [0.1, 0.15) is 6.17 Å². The quantitative estimate of drug-likeness (QED) is 0.629. The van der Waals surface area contributed by atoms with E-state index in [-0.39, 0.29) is 23.7 Å². The van der Waals surface area contributed by atoms with Crippen molar-refractivity contribution in [1.82, 2.24) is 20.2 Å². The number of hydrogen-bond donors (Lipinski definition) is 1. The molecule has 0 radical (unpaired) electrons. The molecule has 3 heterocycles. The van der Waals surface area contributed by atoms with Gasteiger partial charge in [0.2, 0.25) is 0 Å². The van der Waals surface area contributed by atoms with E-state index in [9.17, 15) is 0 Å². The summed E-state index contributed by atoms with van der Waals surface area (Å²) in [6.07, 6.45) is 4.94. The molecule has 164 valence electrons. The van der Waals surface area contributed by atoms with Gasteiger partial charge in [-0.15, -0.1) is 0 Å². The van der Waals surface area contributed by atoms with Crippen LogP contribution in [0.1, 0.15) is 37.6 Å². The second kappa shape index (κ2) is 8.06. The Kier molecular flexibility index (Phi) is 5.22. The molecule has 1 N–H and O–H groups in total. The van der Waals surface area contributed by atoms with Gasteiger partial charge in [0, 0.05) is 31.7 Å². The van der Waals surface area contributed by atoms with Crippen molar-refractivity contribution in [2.24, 2.45) is 11.0 Å². The first-order chi connectivity index (χ1) is 15.4. The van der Waals surface area contributed by atoms with Crippen molar-refractivity contribution in [1.29, 1.82) is 0 Å². The first-order valence-electron chi connectivity index (χ1n) is 11.3. The Morgan fingerprint density at radius 1 is 1.12 bits per heavy atom. The maximum Gasteiger partial charge on any atom is 0.111 e. The lowest BCUT2D eigenvalue weighted by molar-refractivity contribution is -0.00538. The highest BCUT2D eigenvalue weighted by atomic mass is 15.6. The van der Waals surface area contributed by atoms with Crippen molar-refractivity contribution in [3.63, 3.8) is 0 Å². The predicted molar refractivity (Wildman–Crippen MR) is 131 cm³/mol. The van der Waals surface area contributed by atoms with E-state index < -0.39 is 0 Å². The molecule has 0 aliphatic carbocycles. The molecule has 0 bridgehead atoms. The number of pyridine rings is 1. The largest absolute Gasteiger partial charge is 0.373 e. The summed E-state index contributed by atoms with van der Waals surface area (Å²) >= 11 is 0. The minimum Gasteiger partial charge on any atom is -0.373 e. The third kappa shape index (κ3) is 3.67. The van der Waals surface area contributed by atoms with Crippen molar-refractivity contribution < 1.29 is 0 Å². The monoisotopic (exact) mass is 425 g/mol. The van der Waals surface area contributed by atoms with Crippen LogP contribution in [0.15, 0.2) is 84.2 Å². The molecule has 5 heteroatoms. The number of nitrogens with zero attached hydrogens (tertiary/aromatic N) is 4. The van der Waals surface area contributed by atoms with E-state index in [2.05, 4.69) is 108 Å². The van der Waals surface area contributed by atoms with Crippen molar-refractivity contribution in [3.8, 4) is 0 Å². The van der Waals surface area contributed by atoms with Gasteiger partial charge in [-0.1, -0.05) is 55.1 Å². The van der Waals surface area contributed by atoms with E-state index in [1.54, 1.807) is 0 Å². The maximum atomic E-state index is 4.82. The summed E-state index contributed by atoms with van der Waals surface area (Å²) in [5, 5.41) is 13.4. The number of fused-ring (bicyclic) bond motifs is 2. The average molecular weight is 426 g/mol.